The molecule has 0 aliphatic rings. The van der Waals surface area contributed by atoms with Crippen molar-refractivity contribution >= 4 is 0 Å². The standard InChI is InChI=1S/C10H13N3O2/c1-8(2)14-5-6-15-10-9(7-11)12-3-4-13-10/h3-4,8H,5-6H2,1-2H3. The highest BCUT2D eigenvalue weighted by atomic mass is 16.5. The zero-order valence-corrected chi connectivity index (χ0v) is 8.80. The Bertz CT molecular complexity index is 347. The molecule has 1 aromatic heterocycles. The van der Waals surface area contributed by atoms with Crippen LogP contribution in [0.25, 0.3) is 0 Å². The average Bonchev–Trinajstić information content (AvgIpc) is 2.24. The van der Waals surface area contributed by atoms with Crippen molar-refractivity contribution in [3.05, 3.63) is 18.1 Å². The zero-order chi connectivity index (χ0) is 11.1. The maximum Gasteiger partial charge on any atom is 0.251 e. The first kappa shape index (κ1) is 11.4. The van der Waals surface area contributed by atoms with E-state index >= 15 is 0 Å². The molecule has 5 heteroatoms. The summed E-state index contributed by atoms with van der Waals surface area (Å²) >= 11 is 0. The molecule has 1 heterocycles. The SMILES string of the molecule is CC(C)OCCOc1nccnc1C#N. The van der Waals surface area contributed by atoms with E-state index in [9.17, 15) is 0 Å². The number of nitrogens with zero attached hydrogens (tertiary/aromatic N) is 3. The summed E-state index contributed by atoms with van der Waals surface area (Å²) in [6, 6.07) is 1.91. The van der Waals surface area contributed by atoms with E-state index in [-0.39, 0.29) is 17.7 Å². The molecule has 15 heavy (non-hydrogen) atoms. The highest BCUT2D eigenvalue weighted by molar-refractivity contribution is 5.29. The minimum absolute atomic E-state index is 0.172. The predicted octanol–water partition coefficient (Wildman–Crippen LogP) is 1.15. The van der Waals surface area contributed by atoms with Crippen LogP contribution >= 0.6 is 0 Å². The van der Waals surface area contributed by atoms with E-state index in [1.54, 1.807) is 0 Å². The van der Waals surface area contributed by atoms with Crippen molar-refractivity contribution in [2.24, 2.45) is 0 Å². The van der Waals surface area contributed by atoms with E-state index < -0.39 is 0 Å². The fourth-order valence-corrected chi connectivity index (χ4v) is 0.930. The van der Waals surface area contributed by atoms with Gasteiger partial charge >= 0.3 is 0 Å². The highest BCUT2D eigenvalue weighted by Crippen LogP contribution is 2.09. The van der Waals surface area contributed by atoms with E-state index in [1.165, 1.54) is 12.4 Å². The molecule has 0 aromatic carbocycles. The van der Waals surface area contributed by atoms with Crippen LogP contribution in [0.2, 0.25) is 0 Å². The molecule has 0 spiro atoms. The minimum Gasteiger partial charge on any atom is -0.473 e. The van der Waals surface area contributed by atoms with Gasteiger partial charge in [-0.2, -0.15) is 5.26 Å². The van der Waals surface area contributed by atoms with Gasteiger partial charge in [-0.3, -0.25) is 0 Å². The average molecular weight is 207 g/mol. The molecule has 0 aliphatic heterocycles. The van der Waals surface area contributed by atoms with Gasteiger partial charge in [-0.15, -0.1) is 0 Å². The van der Waals surface area contributed by atoms with Crippen LogP contribution in [0, 0.1) is 11.3 Å². The summed E-state index contributed by atoms with van der Waals surface area (Å²) in [6.07, 6.45) is 3.11. The normalized spacial score (nSPS) is 10.0. The van der Waals surface area contributed by atoms with Gasteiger partial charge in [-0.25, -0.2) is 9.97 Å². The molecule has 0 amide bonds. The summed E-state index contributed by atoms with van der Waals surface area (Å²) in [7, 11) is 0. The Morgan fingerprint density at radius 3 is 2.73 bits per heavy atom. The Balaban J connectivity index is 2.41. The van der Waals surface area contributed by atoms with Crippen LogP contribution < -0.4 is 4.74 Å². The lowest BCUT2D eigenvalue weighted by atomic mass is 10.5. The second-order valence-corrected chi connectivity index (χ2v) is 3.09. The summed E-state index contributed by atoms with van der Waals surface area (Å²) in [5.74, 6) is 0.257. The third-order valence-corrected chi connectivity index (χ3v) is 1.54. The maximum atomic E-state index is 8.70. The van der Waals surface area contributed by atoms with E-state index in [4.69, 9.17) is 14.7 Å². The van der Waals surface area contributed by atoms with Gasteiger partial charge in [-0.1, -0.05) is 0 Å². The summed E-state index contributed by atoms with van der Waals surface area (Å²) in [6.45, 7) is 4.73. The molecule has 0 radical (unpaired) electrons. The number of hydrogen-bond donors (Lipinski definition) is 0. The number of hydrogen-bond acceptors (Lipinski definition) is 5. The molecule has 0 N–H and O–H groups in total. The first-order valence-electron chi connectivity index (χ1n) is 4.69. The van der Waals surface area contributed by atoms with Crippen molar-refractivity contribution in [2.75, 3.05) is 13.2 Å². The van der Waals surface area contributed by atoms with Crippen LogP contribution in [-0.4, -0.2) is 29.3 Å². The molecule has 80 valence electrons. The fourth-order valence-electron chi connectivity index (χ4n) is 0.930. The van der Waals surface area contributed by atoms with Crippen molar-refractivity contribution in [1.82, 2.24) is 9.97 Å². The van der Waals surface area contributed by atoms with Crippen molar-refractivity contribution in [3.8, 4) is 11.9 Å². The lowest BCUT2D eigenvalue weighted by Crippen LogP contribution is -2.12. The maximum absolute atomic E-state index is 8.70. The van der Waals surface area contributed by atoms with Gasteiger partial charge in [0.25, 0.3) is 5.88 Å². The van der Waals surface area contributed by atoms with Gasteiger partial charge in [0.05, 0.1) is 12.7 Å². The number of ether oxygens (including phenoxy) is 2. The number of aromatic nitrogens is 2. The van der Waals surface area contributed by atoms with Crippen LogP contribution in [0.3, 0.4) is 0 Å². The van der Waals surface area contributed by atoms with Crippen molar-refractivity contribution in [2.45, 2.75) is 20.0 Å². The summed E-state index contributed by atoms with van der Waals surface area (Å²) in [5, 5.41) is 8.70. The number of rotatable bonds is 5. The lowest BCUT2D eigenvalue weighted by molar-refractivity contribution is 0.0541. The molecular formula is C10H13N3O2. The van der Waals surface area contributed by atoms with Crippen LogP contribution in [0.4, 0.5) is 0 Å². The quantitative estimate of drug-likeness (QED) is 0.677. The third kappa shape index (κ3) is 3.92. The molecule has 1 aromatic rings. The first-order chi connectivity index (χ1) is 7.24. The Hall–Kier alpha value is -1.67. The molecule has 0 unspecified atom stereocenters. The minimum atomic E-state index is 0.172. The lowest BCUT2D eigenvalue weighted by Gasteiger charge is -2.08. The van der Waals surface area contributed by atoms with Gasteiger partial charge in [0.1, 0.15) is 12.7 Å². The zero-order valence-electron chi connectivity index (χ0n) is 8.80. The second-order valence-electron chi connectivity index (χ2n) is 3.09. The molecule has 0 aliphatic carbocycles. The molecule has 0 bridgehead atoms. The smallest absolute Gasteiger partial charge is 0.251 e. The van der Waals surface area contributed by atoms with E-state index in [0.717, 1.165) is 0 Å². The van der Waals surface area contributed by atoms with Gasteiger partial charge in [0.2, 0.25) is 5.69 Å². The summed E-state index contributed by atoms with van der Waals surface area (Å²) in [4.78, 5) is 7.73. The Kier molecular flexibility index (Phi) is 4.51. The molecular weight excluding hydrogens is 194 g/mol. The van der Waals surface area contributed by atoms with Gasteiger partial charge in [0, 0.05) is 12.4 Å². The van der Waals surface area contributed by atoms with Crippen molar-refractivity contribution < 1.29 is 9.47 Å². The molecule has 0 saturated heterocycles. The van der Waals surface area contributed by atoms with Crippen LogP contribution in [-0.2, 0) is 4.74 Å². The van der Waals surface area contributed by atoms with Gasteiger partial charge in [0.15, 0.2) is 0 Å². The Labute approximate surface area is 88.7 Å². The van der Waals surface area contributed by atoms with Crippen LogP contribution in [0.15, 0.2) is 12.4 Å². The predicted molar refractivity (Wildman–Crippen MR) is 53.3 cm³/mol. The van der Waals surface area contributed by atoms with Crippen LogP contribution in [0.1, 0.15) is 19.5 Å². The first-order valence-corrected chi connectivity index (χ1v) is 4.69. The summed E-state index contributed by atoms with van der Waals surface area (Å²) in [5.41, 5.74) is 0.196. The third-order valence-electron chi connectivity index (χ3n) is 1.54. The van der Waals surface area contributed by atoms with E-state index in [1.807, 2.05) is 19.9 Å². The molecule has 0 saturated carbocycles. The number of nitriles is 1. The van der Waals surface area contributed by atoms with Gasteiger partial charge in [-0.05, 0) is 13.8 Å². The fraction of sp³-hybridized carbons (Fsp3) is 0.500. The Morgan fingerprint density at radius 1 is 1.33 bits per heavy atom. The van der Waals surface area contributed by atoms with Crippen LogP contribution in [0.5, 0.6) is 5.88 Å². The summed E-state index contributed by atoms with van der Waals surface area (Å²) < 4.78 is 10.5. The molecule has 0 atom stereocenters. The highest BCUT2D eigenvalue weighted by Gasteiger charge is 2.04. The topological polar surface area (TPSA) is 68.0 Å². The van der Waals surface area contributed by atoms with E-state index in [0.29, 0.717) is 13.2 Å². The monoisotopic (exact) mass is 207 g/mol. The molecule has 5 nitrogen and oxygen atoms in total. The second kappa shape index (κ2) is 5.94. The largest absolute Gasteiger partial charge is 0.473 e. The molecule has 1 rings (SSSR count). The molecule has 0 fully saturated rings. The van der Waals surface area contributed by atoms with Crippen molar-refractivity contribution in [3.63, 3.8) is 0 Å². The van der Waals surface area contributed by atoms with Gasteiger partial charge < -0.3 is 9.47 Å². The van der Waals surface area contributed by atoms with E-state index in [2.05, 4.69) is 9.97 Å². The van der Waals surface area contributed by atoms with Crippen molar-refractivity contribution in [1.29, 1.82) is 5.26 Å². The Morgan fingerprint density at radius 2 is 2.07 bits per heavy atom.